The van der Waals surface area contributed by atoms with Crippen molar-refractivity contribution in [2.24, 2.45) is 0 Å². The Hall–Kier alpha value is -1.68. The Bertz CT molecular complexity index is 529. The highest BCUT2D eigenvalue weighted by molar-refractivity contribution is 5.29. The fraction of sp³-hybridized carbons (Fsp3) is 0.385. The molecule has 2 aromatic heterocycles. The molecule has 1 saturated carbocycles. The van der Waals surface area contributed by atoms with E-state index in [1.165, 1.54) is 12.8 Å². The normalized spacial score (nSPS) is 17.1. The summed E-state index contributed by atoms with van der Waals surface area (Å²) >= 11 is 0. The van der Waals surface area contributed by atoms with Crippen LogP contribution >= 0.6 is 0 Å². The predicted molar refractivity (Wildman–Crippen MR) is 64.0 cm³/mol. The number of rotatable bonds is 3. The van der Waals surface area contributed by atoms with Crippen LogP contribution in [0.1, 0.15) is 43.0 Å². The first-order chi connectivity index (χ1) is 8.24. The highest BCUT2D eigenvalue weighted by atomic mass is 16.3. The van der Waals surface area contributed by atoms with Gasteiger partial charge in [-0.05, 0) is 43.5 Å². The molecule has 2 aromatic rings. The minimum atomic E-state index is -0.477. The summed E-state index contributed by atoms with van der Waals surface area (Å²) in [6, 6.07) is 5.74. The number of pyridine rings is 1. The van der Waals surface area contributed by atoms with Crippen LogP contribution in [-0.4, -0.2) is 19.9 Å². The third-order valence-corrected chi connectivity index (χ3v) is 3.09. The second-order valence-electron chi connectivity index (χ2n) is 4.58. The first-order valence-electron chi connectivity index (χ1n) is 5.94. The van der Waals surface area contributed by atoms with Gasteiger partial charge in [0.1, 0.15) is 0 Å². The molecule has 3 rings (SSSR count). The average molecular weight is 229 g/mol. The van der Waals surface area contributed by atoms with E-state index in [-0.39, 0.29) is 0 Å². The number of aliphatic hydroxyl groups excluding tert-OH is 1. The molecule has 0 unspecified atom stereocenters. The Morgan fingerprint density at radius 3 is 2.94 bits per heavy atom. The van der Waals surface area contributed by atoms with Crippen LogP contribution in [0, 0.1) is 0 Å². The number of nitrogens with zero attached hydrogens (tertiary/aromatic N) is 3. The molecule has 1 fully saturated rings. The van der Waals surface area contributed by atoms with Crippen molar-refractivity contribution in [3.8, 4) is 5.82 Å². The first kappa shape index (κ1) is 10.5. The van der Waals surface area contributed by atoms with Gasteiger partial charge in [0.05, 0.1) is 11.8 Å². The first-order valence-corrected chi connectivity index (χ1v) is 5.94. The molecule has 1 atom stereocenters. The van der Waals surface area contributed by atoms with E-state index < -0.39 is 6.10 Å². The Kier molecular flexibility index (Phi) is 2.44. The molecular formula is C13H15N3O. The second-order valence-corrected chi connectivity index (χ2v) is 4.58. The quantitative estimate of drug-likeness (QED) is 0.877. The van der Waals surface area contributed by atoms with Crippen molar-refractivity contribution in [1.82, 2.24) is 14.8 Å². The van der Waals surface area contributed by atoms with Crippen LogP contribution in [0.4, 0.5) is 0 Å². The number of aliphatic hydroxyl groups is 1. The standard InChI is InChI=1S/C13H15N3O/c1-9(17)11-4-6-14-13(8-11)16-7-5-12(15-16)10-2-3-10/h4-10,17H,2-3H2,1H3/t9-/m0/s1. The minimum absolute atomic E-state index is 0.477. The van der Waals surface area contributed by atoms with Crippen molar-refractivity contribution in [2.75, 3.05) is 0 Å². The summed E-state index contributed by atoms with van der Waals surface area (Å²) in [6.07, 6.45) is 5.66. The zero-order valence-electron chi connectivity index (χ0n) is 9.74. The van der Waals surface area contributed by atoms with E-state index in [1.807, 2.05) is 24.4 Å². The molecule has 0 saturated heterocycles. The predicted octanol–water partition coefficient (Wildman–Crippen LogP) is 2.20. The van der Waals surface area contributed by atoms with E-state index >= 15 is 0 Å². The molecule has 1 aliphatic rings. The molecule has 1 N–H and O–H groups in total. The lowest BCUT2D eigenvalue weighted by atomic mass is 10.2. The van der Waals surface area contributed by atoms with Crippen LogP contribution in [-0.2, 0) is 0 Å². The van der Waals surface area contributed by atoms with Gasteiger partial charge in [0.25, 0.3) is 0 Å². The van der Waals surface area contributed by atoms with Gasteiger partial charge in [0.15, 0.2) is 5.82 Å². The summed E-state index contributed by atoms with van der Waals surface area (Å²) in [5, 5.41) is 14.1. The highest BCUT2D eigenvalue weighted by Crippen LogP contribution is 2.38. The SMILES string of the molecule is C[C@H](O)c1ccnc(-n2ccc(C3CC3)n2)c1. The van der Waals surface area contributed by atoms with Crippen molar-refractivity contribution >= 4 is 0 Å². The van der Waals surface area contributed by atoms with Crippen molar-refractivity contribution in [2.45, 2.75) is 31.8 Å². The van der Waals surface area contributed by atoms with Crippen molar-refractivity contribution in [1.29, 1.82) is 0 Å². The smallest absolute Gasteiger partial charge is 0.153 e. The Morgan fingerprint density at radius 1 is 1.41 bits per heavy atom. The van der Waals surface area contributed by atoms with Gasteiger partial charge in [0, 0.05) is 18.3 Å². The van der Waals surface area contributed by atoms with Crippen molar-refractivity contribution in [3.63, 3.8) is 0 Å². The molecule has 4 nitrogen and oxygen atoms in total. The van der Waals surface area contributed by atoms with Gasteiger partial charge in [-0.1, -0.05) is 0 Å². The van der Waals surface area contributed by atoms with Gasteiger partial charge >= 0.3 is 0 Å². The monoisotopic (exact) mass is 229 g/mol. The average Bonchev–Trinajstić information content (AvgIpc) is 3.07. The van der Waals surface area contributed by atoms with Crippen molar-refractivity contribution in [3.05, 3.63) is 41.9 Å². The lowest BCUT2D eigenvalue weighted by Gasteiger charge is -2.06. The summed E-state index contributed by atoms with van der Waals surface area (Å²) in [7, 11) is 0. The van der Waals surface area contributed by atoms with Gasteiger partial charge < -0.3 is 5.11 Å². The molecule has 0 radical (unpaired) electrons. The fourth-order valence-corrected chi connectivity index (χ4v) is 1.88. The Morgan fingerprint density at radius 2 is 2.24 bits per heavy atom. The lowest BCUT2D eigenvalue weighted by molar-refractivity contribution is 0.199. The van der Waals surface area contributed by atoms with Crippen LogP contribution < -0.4 is 0 Å². The molecule has 4 heteroatoms. The molecule has 0 spiro atoms. The maximum absolute atomic E-state index is 9.54. The van der Waals surface area contributed by atoms with Crippen LogP contribution in [0.2, 0.25) is 0 Å². The van der Waals surface area contributed by atoms with Gasteiger partial charge in [-0.3, -0.25) is 0 Å². The molecule has 88 valence electrons. The van der Waals surface area contributed by atoms with E-state index in [9.17, 15) is 5.11 Å². The van der Waals surface area contributed by atoms with E-state index in [0.29, 0.717) is 5.92 Å². The molecule has 1 aliphatic carbocycles. The zero-order valence-corrected chi connectivity index (χ0v) is 9.74. The van der Waals surface area contributed by atoms with E-state index in [4.69, 9.17) is 0 Å². The molecular weight excluding hydrogens is 214 g/mol. The second kappa shape index (κ2) is 3.96. The van der Waals surface area contributed by atoms with Gasteiger partial charge in [-0.25, -0.2) is 9.67 Å². The molecule has 2 heterocycles. The van der Waals surface area contributed by atoms with Crippen LogP contribution in [0.3, 0.4) is 0 Å². The fourth-order valence-electron chi connectivity index (χ4n) is 1.88. The molecule has 0 amide bonds. The van der Waals surface area contributed by atoms with Crippen molar-refractivity contribution < 1.29 is 5.11 Å². The largest absolute Gasteiger partial charge is 0.389 e. The summed E-state index contributed by atoms with van der Waals surface area (Å²) in [6.45, 7) is 1.75. The van der Waals surface area contributed by atoms with Crippen LogP contribution in [0.15, 0.2) is 30.6 Å². The Balaban J connectivity index is 1.93. The number of hydrogen-bond acceptors (Lipinski definition) is 3. The highest BCUT2D eigenvalue weighted by Gasteiger charge is 2.25. The minimum Gasteiger partial charge on any atom is -0.389 e. The maximum Gasteiger partial charge on any atom is 0.153 e. The lowest BCUT2D eigenvalue weighted by Crippen LogP contribution is -2.01. The van der Waals surface area contributed by atoms with Gasteiger partial charge in [-0.2, -0.15) is 5.10 Å². The zero-order chi connectivity index (χ0) is 11.8. The van der Waals surface area contributed by atoms with Gasteiger partial charge in [0.2, 0.25) is 0 Å². The summed E-state index contributed by atoms with van der Waals surface area (Å²) < 4.78 is 1.78. The van der Waals surface area contributed by atoms with E-state index in [0.717, 1.165) is 17.1 Å². The molecule has 17 heavy (non-hydrogen) atoms. The molecule has 0 bridgehead atoms. The molecule has 0 aromatic carbocycles. The number of aromatic nitrogens is 3. The van der Waals surface area contributed by atoms with Crippen LogP contribution in [0.5, 0.6) is 0 Å². The van der Waals surface area contributed by atoms with Crippen LogP contribution in [0.25, 0.3) is 5.82 Å². The molecule has 0 aliphatic heterocycles. The van der Waals surface area contributed by atoms with E-state index in [1.54, 1.807) is 17.8 Å². The van der Waals surface area contributed by atoms with E-state index in [2.05, 4.69) is 10.1 Å². The summed E-state index contributed by atoms with van der Waals surface area (Å²) in [5.41, 5.74) is 2.01. The summed E-state index contributed by atoms with van der Waals surface area (Å²) in [5.74, 6) is 1.41. The van der Waals surface area contributed by atoms with Gasteiger partial charge in [-0.15, -0.1) is 0 Å². The third kappa shape index (κ3) is 2.08. The topological polar surface area (TPSA) is 50.9 Å². The third-order valence-electron chi connectivity index (χ3n) is 3.09. The number of hydrogen-bond donors (Lipinski definition) is 1. The summed E-state index contributed by atoms with van der Waals surface area (Å²) in [4.78, 5) is 4.27. The maximum atomic E-state index is 9.54. The Labute approximate surface area is 99.9 Å².